The standard InChI is InChI=1S/C18H23N3O3/c1-13-19-14-7-3-4-8-15(14)20(13)12-10-17(22)21-11-6-5-9-16(21)18(23)24-2/h3-4,7-8,16H,5-6,9-12H2,1-2H3/t16-/m1/s1. The summed E-state index contributed by atoms with van der Waals surface area (Å²) in [7, 11) is 1.38. The Morgan fingerprint density at radius 1 is 1.29 bits per heavy atom. The summed E-state index contributed by atoms with van der Waals surface area (Å²) in [6.07, 6.45) is 2.93. The number of carbonyl (C=O) groups is 2. The third kappa shape index (κ3) is 3.13. The van der Waals surface area contributed by atoms with Crippen molar-refractivity contribution in [2.75, 3.05) is 13.7 Å². The molecule has 2 aromatic rings. The number of para-hydroxylation sites is 2. The van der Waals surface area contributed by atoms with E-state index in [-0.39, 0.29) is 11.9 Å². The van der Waals surface area contributed by atoms with Crippen LogP contribution in [-0.4, -0.2) is 46.0 Å². The van der Waals surface area contributed by atoms with Crippen molar-refractivity contribution in [1.82, 2.24) is 14.5 Å². The van der Waals surface area contributed by atoms with Crippen LogP contribution in [0.15, 0.2) is 24.3 Å². The molecule has 6 nitrogen and oxygen atoms in total. The van der Waals surface area contributed by atoms with E-state index in [1.54, 1.807) is 4.90 Å². The summed E-state index contributed by atoms with van der Waals surface area (Å²) in [4.78, 5) is 30.8. The second-order valence-corrected chi connectivity index (χ2v) is 6.17. The van der Waals surface area contributed by atoms with Gasteiger partial charge in [0.2, 0.25) is 5.91 Å². The van der Waals surface area contributed by atoms with Gasteiger partial charge in [-0.2, -0.15) is 0 Å². The number of likely N-dealkylation sites (tertiary alicyclic amines) is 1. The van der Waals surface area contributed by atoms with Crippen molar-refractivity contribution in [3.63, 3.8) is 0 Å². The first-order chi connectivity index (χ1) is 11.6. The summed E-state index contributed by atoms with van der Waals surface area (Å²) in [5.41, 5.74) is 1.97. The van der Waals surface area contributed by atoms with Crippen molar-refractivity contribution in [1.29, 1.82) is 0 Å². The van der Waals surface area contributed by atoms with Gasteiger partial charge in [-0.3, -0.25) is 4.79 Å². The molecular formula is C18H23N3O3. The minimum absolute atomic E-state index is 0.00211. The number of amides is 1. The third-order valence-electron chi connectivity index (χ3n) is 4.69. The average Bonchev–Trinajstić information content (AvgIpc) is 2.94. The molecule has 0 aliphatic carbocycles. The Balaban J connectivity index is 1.72. The number of hydrogen-bond acceptors (Lipinski definition) is 4. The van der Waals surface area contributed by atoms with Gasteiger partial charge in [0.15, 0.2) is 0 Å². The van der Waals surface area contributed by atoms with Crippen molar-refractivity contribution in [2.45, 2.75) is 45.2 Å². The molecule has 2 heterocycles. The number of ether oxygens (including phenoxy) is 1. The molecule has 0 radical (unpaired) electrons. The number of fused-ring (bicyclic) bond motifs is 1. The number of hydrogen-bond donors (Lipinski definition) is 0. The number of carbonyl (C=O) groups excluding carboxylic acids is 2. The van der Waals surface area contributed by atoms with Gasteiger partial charge in [-0.25, -0.2) is 9.78 Å². The lowest BCUT2D eigenvalue weighted by Crippen LogP contribution is -2.48. The molecule has 0 saturated carbocycles. The van der Waals surface area contributed by atoms with Crippen LogP contribution in [0.5, 0.6) is 0 Å². The van der Waals surface area contributed by atoms with E-state index in [2.05, 4.69) is 9.55 Å². The van der Waals surface area contributed by atoms with E-state index in [1.165, 1.54) is 7.11 Å². The molecule has 1 aliphatic heterocycles. The number of nitrogens with zero attached hydrogens (tertiary/aromatic N) is 3. The highest BCUT2D eigenvalue weighted by Gasteiger charge is 2.32. The van der Waals surface area contributed by atoms with E-state index in [9.17, 15) is 9.59 Å². The van der Waals surface area contributed by atoms with Crippen LogP contribution in [0.3, 0.4) is 0 Å². The zero-order valence-electron chi connectivity index (χ0n) is 14.2. The van der Waals surface area contributed by atoms with Crippen molar-refractivity contribution >= 4 is 22.9 Å². The molecule has 1 fully saturated rings. The number of rotatable bonds is 4. The molecule has 1 aromatic carbocycles. The molecule has 1 aromatic heterocycles. The molecule has 128 valence electrons. The van der Waals surface area contributed by atoms with Gasteiger partial charge >= 0.3 is 5.97 Å². The summed E-state index contributed by atoms with van der Waals surface area (Å²) in [5, 5.41) is 0. The van der Waals surface area contributed by atoms with Gasteiger partial charge in [-0.1, -0.05) is 12.1 Å². The SMILES string of the molecule is COC(=O)[C@H]1CCCCN1C(=O)CCn1c(C)nc2ccccc21. The largest absolute Gasteiger partial charge is 0.467 e. The number of aryl methyl sites for hydroxylation is 2. The Labute approximate surface area is 141 Å². The highest BCUT2D eigenvalue weighted by molar-refractivity contribution is 5.85. The Morgan fingerprint density at radius 2 is 2.08 bits per heavy atom. The molecule has 0 bridgehead atoms. The van der Waals surface area contributed by atoms with E-state index in [1.807, 2.05) is 31.2 Å². The van der Waals surface area contributed by atoms with Gasteiger partial charge in [0.25, 0.3) is 0 Å². The highest BCUT2D eigenvalue weighted by Crippen LogP contribution is 2.20. The molecule has 0 spiro atoms. The maximum atomic E-state index is 12.7. The monoisotopic (exact) mass is 329 g/mol. The predicted molar refractivity (Wildman–Crippen MR) is 90.5 cm³/mol. The van der Waals surface area contributed by atoms with E-state index in [0.717, 1.165) is 29.7 Å². The highest BCUT2D eigenvalue weighted by atomic mass is 16.5. The predicted octanol–water partition coefficient (Wildman–Crippen LogP) is 2.29. The lowest BCUT2D eigenvalue weighted by atomic mass is 10.0. The summed E-state index contributed by atoms with van der Waals surface area (Å²) in [6, 6.07) is 7.48. The lowest BCUT2D eigenvalue weighted by molar-refractivity contribution is -0.154. The van der Waals surface area contributed by atoms with Gasteiger partial charge in [-0.15, -0.1) is 0 Å². The topological polar surface area (TPSA) is 64.4 Å². The van der Waals surface area contributed by atoms with E-state index in [0.29, 0.717) is 25.9 Å². The molecule has 1 atom stereocenters. The smallest absolute Gasteiger partial charge is 0.328 e. The first kappa shape index (κ1) is 16.5. The first-order valence-corrected chi connectivity index (χ1v) is 8.41. The van der Waals surface area contributed by atoms with Crippen molar-refractivity contribution in [2.24, 2.45) is 0 Å². The van der Waals surface area contributed by atoms with Crippen LogP contribution in [0.4, 0.5) is 0 Å². The minimum atomic E-state index is -0.433. The number of piperidine rings is 1. The van der Waals surface area contributed by atoms with Crippen LogP contribution in [0.1, 0.15) is 31.5 Å². The quantitative estimate of drug-likeness (QED) is 0.807. The van der Waals surface area contributed by atoms with Gasteiger partial charge in [-0.05, 0) is 38.3 Å². The Morgan fingerprint density at radius 3 is 2.88 bits per heavy atom. The van der Waals surface area contributed by atoms with Crippen molar-refractivity contribution in [3.8, 4) is 0 Å². The van der Waals surface area contributed by atoms with Gasteiger partial charge in [0.05, 0.1) is 18.1 Å². The molecule has 1 saturated heterocycles. The van der Waals surface area contributed by atoms with Crippen LogP contribution >= 0.6 is 0 Å². The van der Waals surface area contributed by atoms with Crippen LogP contribution in [0.25, 0.3) is 11.0 Å². The number of esters is 1. The van der Waals surface area contributed by atoms with E-state index in [4.69, 9.17) is 4.74 Å². The summed E-state index contributed by atoms with van der Waals surface area (Å²) >= 11 is 0. The second kappa shape index (κ2) is 7.03. The maximum Gasteiger partial charge on any atom is 0.328 e. The molecule has 0 unspecified atom stereocenters. The maximum absolute atomic E-state index is 12.7. The first-order valence-electron chi connectivity index (χ1n) is 8.41. The number of benzene rings is 1. The Kier molecular flexibility index (Phi) is 4.83. The van der Waals surface area contributed by atoms with Crippen LogP contribution in [0, 0.1) is 6.92 Å². The number of imidazole rings is 1. The zero-order valence-corrected chi connectivity index (χ0v) is 14.2. The molecular weight excluding hydrogens is 306 g/mol. The minimum Gasteiger partial charge on any atom is -0.467 e. The number of aromatic nitrogens is 2. The fraction of sp³-hybridized carbons (Fsp3) is 0.500. The van der Waals surface area contributed by atoms with Gasteiger partial charge < -0.3 is 14.2 Å². The molecule has 1 amide bonds. The zero-order chi connectivity index (χ0) is 17.1. The van der Waals surface area contributed by atoms with E-state index >= 15 is 0 Å². The van der Waals surface area contributed by atoms with Crippen LogP contribution in [-0.2, 0) is 20.9 Å². The summed E-state index contributed by atoms with van der Waals surface area (Å²) in [6.45, 7) is 3.14. The second-order valence-electron chi connectivity index (χ2n) is 6.17. The molecule has 24 heavy (non-hydrogen) atoms. The summed E-state index contributed by atoms with van der Waals surface area (Å²) in [5.74, 6) is 0.585. The Hall–Kier alpha value is -2.37. The normalized spacial score (nSPS) is 17.9. The number of methoxy groups -OCH3 is 1. The molecule has 6 heteroatoms. The van der Waals surface area contributed by atoms with Crippen LogP contribution in [0.2, 0.25) is 0 Å². The fourth-order valence-corrected chi connectivity index (χ4v) is 3.44. The lowest BCUT2D eigenvalue weighted by Gasteiger charge is -2.33. The third-order valence-corrected chi connectivity index (χ3v) is 4.69. The fourth-order valence-electron chi connectivity index (χ4n) is 3.44. The summed E-state index contributed by atoms with van der Waals surface area (Å²) < 4.78 is 6.91. The van der Waals surface area contributed by atoms with Gasteiger partial charge in [0.1, 0.15) is 11.9 Å². The molecule has 0 N–H and O–H groups in total. The van der Waals surface area contributed by atoms with E-state index < -0.39 is 6.04 Å². The average molecular weight is 329 g/mol. The van der Waals surface area contributed by atoms with Crippen LogP contribution < -0.4 is 0 Å². The van der Waals surface area contributed by atoms with Gasteiger partial charge in [0, 0.05) is 19.5 Å². The van der Waals surface area contributed by atoms with Crippen molar-refractivity contribution < 1.29 is 14.3 Å². The van der Waals surface area contributed by atoms with Crippen molar-refractivity contribution in [3.05, 3.63) is 30.1 Å². The molecule has 1 aliphatic rings. The molecule has 3 rings (SSSR count). The Bertz CT molecular complexity index is 753.